The van der Waals surface area contributed by atoms with E-state index in [-0.39, 0.29) is 18.2 Å². The molecule has 1 aromatic rings. The molecular formula is C11H14N2O3. The maximum Gasteiger partial charge on any atom is 0.259 e. The van der Waals surface area contributed by atoms with E-state index in [2.05, 4.69) is 4.98 Å². The molecular weight excluding hydrogens is 208 g/mol. The Hall–Kier alpha value is -1.91. The van der Waals surface area contributed by atoms with E-state index in [0.29, 0.717) is 12.0 Å². The molecule has 0 aliphatic heterocycles. The Labute approximate surface area is 94.0 Å². The Bertz CT molecular complexity index is 402. The molecule has 5 heteroatoms. The lowest BCUT2D eigenvalue weighted by molar-refractivity contribution is -0.130. The molecule has 0 unspecified atom stereocenters. The molecule has 0 fully saturated rings. The number of aryl methyl sites for hydroxylation is 1. The molecule has 0 N–H and O–H groups in total. The summed E-state index contributed by atoms with van der Waals surface area (Å²) < 4.78 is 5.22. The van der Waals surface area contributed by atoms with Crippen LogP contribution in [0.5, 0.6) is 5.75 Å². The van der Waals surface area contributed by atoms with E-state index < -0.39 is 0 Å². The Morgan fingerprint density at radius 3 is 2.75 bits per heavy atom. The molecule has 0 radical (unpaired) electrons. The number of aromatic nitrogens is 1. The maximum absolute atomic E-state index is 11.3. The van der Waals surface area contributed by atoms with Gasteiger partial charge in [-0.15, -0.1) is 0 Å². The Morgan fingerprint density at radius 1 is 1.50 bits per heavy atom. The van der Waals surface area contributed by atoms with Crippen LogP contribution >= 0.6 is 0 Å². The molecule has 86 valence electrons. The van der Waals surface area contributed by atoms with Gasteiger partial charge in [0.05, 0.1) is 0 Å². The van der Waals surface area contributed by atoms with Crippen molar-refractivity contribution in [3.8, 4) is 5.75 Å². The minimum absolute atomic E-state index is 0.0986. The molecule has 0 aliphatic carbocycles. The summed E-state index contributed by atoms with van der Waals surface area (Å²) in [6.07, 6.45) is 0.614. The third kappa shape index (κ3) is 3.05. The van der Waals surface area contributed by atoms with Gasteiger partial charge in [-0.1, -0.05) is 0 Å². The zero-order valence-corrected chi connectivity index (χ0v) is 9.56. The molecule has 0 spiro atoms. The summed E-state index contributed by atoms with van der Waals surface area (Å²) in [6, 6.07) is 3.36. The first-order valence-corrected chi connectivity index (χ1v) is 4.80. The number of amides is 1. The predicted molar refractivity (Wildman–Crippen MR) is 58.6 cm³/mol. The molecule has 1 aromatic heterocycles. The molecule has 0 saturated carbocycles. The van der Waals surface area contributed by atoms with Crippen LogP contribution < -0.4 is 4.74 Å². The first-order valence-electron chi connectivity index (χ1n) is 4.80. The van der Waals surface area contributed by atoms with Crippen LogP contribution in [0, 0.1) is 6.92 Å². The second-order valence-electron chi connectivity index (χ2n) is 3.53. The number of hydrogen-bond donors (Lipinski definition) is 0. The second-order valence-corrected chi connectivity index (χ2v) is 3.53. The number of carbonyl (C=O) groups excluding carboxylic acids is 2. The summed E-state index contributed by atoms with van der Waals surface area (Å²) in [6.45, 7) is 1.68. The maximum atomic E-state index is 11.3. The minimum Gasteiger partial charge on any atom is -0.481 e. The molecule has 16 heavy (non-hydrogen) atoms. The van der Waals surface area contributed by atoms with E-state index in [0.717, 1.165) is 5.69 Å². The van der Waals surface area contributed by atoms with E-state index in [1.807, 2.05) is 0 Å². The molecule has 0 aliphatic rings. The van der Waals surface area contributed by atoms with Gasteiger partial charge in [0.2, 0.25) is 0 Å². The number of rotatable bonds is 4. The smallest absolute Gasteiger partial charge is 0.259 e. The van der Waals surface area contributed by atoms with Gasteiger partial charge in [-0.05, 0) is 19.1 Å². The summed E-state index contributed by atoms with van der Waals surface area (Å²) in [4.78, 5) is 27.4. The van der Waals surface area contributed by atoms with Gasteiger partial charge < -0.3 is 9.64 Å². The highest BCUT2D eigenvalue weighted by Crippen LogP contribution is 2.14. The molecule has 1 rings (SSSR count). The summed E-state index contributed by atoms with van der Waals surface area (Å²) in [5, 5.41) is 0. The third-order valence-electron chi connectivity index (χ3n) is 1.99. The number of ether oxygens (including phenoxy) is 1. The highest BCUT2D eigenvalue weighted by Gasteiger charge is 2.08. The molecule has 0 atom stereocenters. The minimum atomic E-state index is -0.169. The van der Waals surface area contributed by atoms with E-state index in [1.165, 1.54) is 4.90 Å². The summed E-state index contributed by atoms with van der Waals surface area (Å²) >= 11 is 0. The van der Waals surface area contributed by atoms with Crippen molar-refractivity contribution in [2.75, 3.05) is 20.7 Å². The van der Waals surface area contributed by atoms with Gasteiger partial charge in [-0.25, -0.2) is 4.98 Å². The van der Waals surface area contributed by atoms with Gasteiger partial charge in [-0.3, -0.25) is 9.59 Å². The van der Waals surface area contributed by atoms with Crippen LogP contribution in [0.25, 0.3) is 0 Å². The van der Waals surface area contributed by atoms with E-state index in [9.17, 15) is 9.59 Å². The van der Waals surface area contributed by atoms with Crippen molar-refractivity contribution in [3.63, 3.8) is 0 Å². The van der Waals surface area contributed by atoms with Crippen molar-refractivity contribution in [1.29, 1.82) is 0 Å². The number of pyridine rings is 1. The molecule has 0 aromatic carbocycles. The van der Waals surface area contributed by atoms with E-state index in [1.54, 1.807) is 33.2 Å². The lowest BCUT2D eigenvalue weighted by atomic mass is 10.3. The normalized spacial score (nSPS) is 9.69. The first-order chi connectivity index (χ1) is 7.54. The summed E-state index contributed by atoms with van der Waals surface area (Å²) in [5.41, 5.74) is 0.944. The van der Waals surface area contributed by atoms with Gasteiger partial charge in [0, 0.05) is 19.8 Å². The van der Waals surface area contributed by atoms with Crippen LogP contribution in [0.1, 0.15) is 16.2 Å². The van der Waals surface area contributed by atoms with Crippen molar-refractivity contribution in [3.05, 3.63) is 23.5 Å². The molecule has 1 amide bonds. The van der Waals surface area contributed by atoms with Crippen LogP contribution in [0.3, 0.4) is 0 Å². The van der Waals surface area contributed by atoms with Crippen LogP contribution in [0.2, 0.25) is 0 Å². The Kier molecular flexibility index (Phi) is 3.99. The topological polar surface area (TPSA) is 59.5 Å². The summed E-state index contributed by atoms with van der Waals surface area (Å²) in [7, 11) is 3.28. The first kappa shape index (κ1) is 12.2. The van der Waals surface area contributed by atoms with Gasteiger partial charge >= 0.3 is 0 Å². The summed E-state index contributed by atoms with van der Waals surface area (Å²) in [5.74, 6) is 0.160. The largest absolute Gasteiger partial charge is 0.481 e. The van der Waals surface area contributed by atoms with E-state index in [4.69, 9.17) is 4.74 Å². The Balaban J connectivity index is 2.74. The fourth-order valence-corrected chi connectivity index (χ4v) is 1.04. The van der Waals surface area contributed by atoms with Gasteiger partial charge in [0.25, 0.3) is 5.91 Å². The van der Waals surface area contributed by atoms with Crippen molar-refractivity contribution in [1.82, 2.24) is 9.88 Å². The quantitative estimate of drug-likeness (QED) is 0.702. The third-order valence-corrected chi connectivity index (χ3v) is 1.99. The van der Waals surface area contributed by atoms with Gasteiger partial charge in [0.15, 0.2) is 12.9 Å². The van der Waals surface area contributed by atoms with Crippen LogP contribution in [0.4, 0.5) is 0 Å². The molecule has 0 bridgehead atoms. The van der Waals surface area contributed by atoms with Crippen molar-refractivity contribution in [2.24, 2.45) is 0 Å². The zero-order valence-electron chi connectivity index (χ0n) is 9.56. The SMILES string of the molecule is Cc1ccc(OCC(=O)N(C)C)c(C=O)n1. The van der Waals surface area contributed by atoms with Crippen molar-refractivity contribution in [2.45, 2.75) is 6.92 Å². The van der Waals surface area contributed by atoms with E-state index >= 15 is 0 Å². The van der Waals surface area contributed by atoms with Crippen LogP contribution in [-0.2, 0) is 4.79 Å². The van der Waals surface area contributed by atoms with Crippen molar-refractivity contribution >= 4 is 12.2 Å². The van der Waals surface area contributed by atoms with Crippen LogP contribution in [0.15, 0.2) is 12.1 Å². The average molecular weight is 222 g/mol. The highest BCUT2D eigenvalue weighted by molar-refractivity contribution is 5.79. The molecule has 1 heterocycles. The molecule has 0 saturated heterocycles. The van der Waals surface area contributed by atoms with Crippen LogP contribution in [-0.4, -0.2) is 42.8 Å². The lowest BCUT2D eigenvalue weighted by Gasteiger charge is -2.12. The fourth-order valence-electron chi connectivity index (χ4n) is 1.04. The number of nitrogens with zero attached hydrogens (tertiary/aromatic N) is 2. The molecule has 5 nitrogen and oxygen atoms in total. The monoisotopic (exact) mass is 222 g/mol. The number of likely N-dealkylation sites (N-methyl/N-ethyl adjacent to an activating group) is 1. The average Bonchev–Trinajstić information content (AvgIpc) is 2.26. The predicted octanol–water partition coefficient (Wildman–Crippen LogP) is 0.670. The van der Waals surface area contributed by atoms with Crippen molar-refractivity contribution < 1.29 is 14.3 Å². The highest BCUT2D eigenvalue weighted by atomic mass is 16.5. The second kappa shape index (κ2) is 5.25. The lowest BCUT2D eigenvalue weighted by Crippen LogP contribution is -2.27. The standard InChI is InChI=1S/C11H14N2O3/c1-8-4-5-10(9(6-14)12-8)16-7-11(15)13(2)3/h4-6H,7H2,1-3H3. The van der Waals surface area contributed by atoms with Gasteiger partial charge in [0.1, 0.15) is 11.4 Å². The number of hydrogen-bond acceptors (Lipinski definition) is 4. The Morgan fingerprint density at radius 2 is 2.19 bits per heavy atom. The fraction of sp³-hybridized carbons (Fsp3) is 0.364. The number of aldehydes is 1. The van der Waals surface area contributed by atoms with Gasteiger partial charge in [-0.2, -0.15) is 0 Å². The number of carbonyl (C=O) groups is 2. The zero-order chi connectivity index (χ0) is 12.1.